The van der Waals surface area contributed by atoms with E-state index in [1.807, 2.05) is 0 Å². The van der Waals surface area contributed by atoms with Gasteiger partial charge >= 0.3 is 0 Å². The van der Waals surface area contributed by atoms with Crippen molar-refractivity contribution in [3.8, 4) is 0 Å². The minimum atomic E-state index is 0.902. The second kappa shape index (κ2) is 4.83. The minimum Gasteiger partial charge on any atom is -0.0651 e. The Kier molecular flexibility index (Phi) is 3.45. The number of fused-ring (bicyclic) bond motifs is 1. The van der Waals surface area contributed by atoms with Crippen LogP contribution in [0.15, 0.2) is 24.3 Å². The summed E-state index contributed by atoms with van der Waals surface area (Å²) in [4.78, 5) is 0. The van der Waals surface area contributed by atoms with Gasteiger partial charge in [-0.2, -0.15) is 0 Å². The second-order valence-corrected chi connectivity index (χ2v) is 4.99. The fourth-order valence-corrected chi connectivity index (χ4v) is 2.77. The summed E-state index contributed by atoms with van der Waals surface area (Å²) in [6, 6.07) is 8.99. The van der Waals surface area contributed by atoms with Crippen LogP contribution in [0.5, 0.6) is 0 Å². The molecule has 0 nitrogen and oxygen atoms in total. The fourth-order valence-electron chi connectivity index (χ4n) is 2.77. The van der Waals surface area contributed by atoms with E-state index in [0.29, 0.717) is 0 Å². The first-order valence-corrected chi connectivity index (χ1v) is 6.38. The van der Waals surface area contributed by atoms with Gasteiger partial charge in [0, 0.05) is 0 Å². The van der Waals surface area contributed by atoms with E-state index in [1.54, 1.807) is 11.1 Å². The van der Waals surface area contributed by atoms with Crippen LogP contribution < -0.4 is 0 Å². The van der Waals surface area contributed by atoms with Crippen molar-refractivity contribution in [3.63, 3.8) is 0 Å². The van der Waals surface area contributed by atoms with Gasteiger partial charge in [0.1, 0.15) is 0 Å². The van der Waals surface area contributed by atoms with Crippen LogP contribution in [0.2, 0.25) is 0 Å². The molecule has 0 amide bonds. The number of rotatable bonds is 2. The van der Waals surface area contributed by atoms with Crippen molar-refractivity contribution in [3.05, 3.63) is 35.4 Å². The first kappa shape index (κ1) is 10.7. The highest BCUT2D eigenvalue weighted by Crippen LogP contribution is 2.30. The Morgan fingerprint density at radius 3 is 2.13 bits per heavy atom. The predicted octanol–water partition coefficient (Wildman–Crippen LogP) is 4.23. The van der Waals surface area contributed by atoms with Crippen molar-refractivity contribution in [2.45, 2.75) is 46.0 Å². The normalized spacial score (nSPS) is 19.3. The smallest absolute Gasteiger partial charge is 0.0273 e. The highest BCUT2D eigenvalue weighted by Gasteiger charge is 2.19. The molecule has 1 aromatic carbocycles. The topological polar surface area (TPSA) is 0 Å². The van der Waals surface area contributed by atoms with Crippen molar-refractivity contribution in [2.75, 3.05) is 0 Å². The Morgan fingerprint density at radius 2 is 1.67 bits per heavy atom. The summed E-state index contributed by atoms with van der Waals surface area (Å²) in [6.07, 6.45) is 6.72. The monoisotopic (exact) mass is 202 g/mol. The molecule has 0 aliphatic heterocycles. The van der Waals surface area contributed by atoms with Gasteiger partial charge < -0.3 is 0 Å². The predicted molar refractivity (Wildman–Crippen MR) is 66.0 cm³/mol. The number of hydrogen-bond donors (Lipinski definition) is 0. The van der Waals surface area contributed by atoms with Gasteiger partial charge in [0.2, 0.25) is 0 Å². The first-order chi connectivity index (χ1) is 7.31. The maximum absolute atomic E-state index is 2.42. The molecule has 15 heavy (non-hydrogen) atoms. The third kappa shape index (κ3) is 2.42. The van der Waals surface area contributed by atoms with E-state index in [2.05, 4.69) is 38.1 Å². The lowest BCUT2D eigenvalue weighted by molar-refractivity contribution is 0.314. The highest BCUT2D eigenvalue weighted by molar-refractivity contribution is 5.28. The Bertz CT molecular complexity index is 287. The van der Waals surface area contributed by atoms with E-state index in [1.165, 1.54) is 32.1 Å². The van der Waals surface area contributed by atoms with Crippen LogP contribution in [0.3, 0.4) is 0 Å². The zero-order valence-corrected chi connectivity index (χ0v) is 10.00. The molecule has 1 unspecified atom stereocenters. The second-order valence-electron chi connectivity index (χ2n) is 4.99. The van der Waals surface area contributed by atoms with E-state index in [0.717, 1.165) is 11.8 Å². The molecule has 0 bridgehead atoms. The highest BCUT2D eigenvalue weighted by atomic mass is 14.2. The van der Waals surface area contributed by atoms with Gasteiger partial charge in [-0.05, 0) is 48.6 Å². The fraction of sp³-hybridized carbons (Fsp3) is 0.600. The molecule has 0 N–H and O–H groups in total. The summed E-state index contributed by atoms with van der Waals surface area (Å²) in [7, 11) is 0. The van der Waals surface area contributed by atoms with Crippen molar-refractivity contribution in [2.24, 2.45) is 11.8 Å². The SMILES string of the molecule is CCC(C)C1CCc2ccccc2CC1. The Labute approximate surface area is 93.7 Å². The molecule has 0 heteroatoms. The van der Waals surface area contributed by atoms with Crippen molar-refractivity contribution in [1.82, 2.24) is 0 Å². The summed E-state index contributed by atoms with van der Waals surface area (Å²) < 4.78 is 0. The van der Waals surface area contributed by atoms with Crippen LogP contribution in [-0.4, -0.2) is 0 Å². The average molecular weight is 202 g/mol. The van der Waals surface area contributed by atoms with Gasteiger partial charge in [-0.15, -0.1) is 0 Å². The Morgan fingerprint density at radius 1 is 1.13 bits per heavy atom. The largest absolute Gasteiger partial charge is 0.0651 e. The molecule has 0 heterocycles. The molecule has 2 rings (SSSR count). The van der Waals surface area contributed by atoms with Gasteiger partial charge in [0.25, 0.3) is 0 Å². The summed E-state index contributed by atoms with van der Waals surface area (Å²) in [6.45, 7) is 4.74. The molecular formula is C15H22. The van der Waals surface area contributed by atoms with Crippen LogP contribution in [0.1, 0.15) is 44.2 Å². The van der Waals surface area contributed by atoms with Crippen LogP contribution in [0.4, 0.5) is 0 Å². The molecule has 0 spiro atoms. The van der Waals surface area contributed by atoms with Crippen molar-refractivity contribution in [1.29, 1.82) is 0 Å². The number of hydrogen-bond acceptors (Lipinski definition) is 0. The molecule has 0 saturated carbocycles. The zero-order chi connectivity index (χ0) is 10.7. The van der Waals surface area contributed by atoms with E-state index in [4.69, 9.17) is 0 Å². The van der Waals surface area contributed by atoms with Crippen LogP contribution in [0, 0.1) is 11.8 Å². The summed E-state index contributed by atoms with van der Waals surface area (Å²) in [5.74, 6) is 1.85. The summed E-state index contributed by atoms with van der Waals surface area (Å²) in [5, 5.41) is 0. The molecule has 0 aromatic heterocycles. The Hall–Kier alpha value is -0.780. The van der Waals surface area contributed by atoms with E-state index < -0.39 is 0 Å². The molecule has 1 aromatic rings. The van der Waals surface area contributed by atoms with E-state index in [9.17, 15) is 0 Å². The van der Waals surface area contributed by atoms with Gasteiger partial charge in [-0.3, -0.25) is 0 Å². The lowest BCUT2D eigenvalue weighted by Crippen LogP contribution is -2.11. The summed E-state index contributed by atoms with van der Waals surface area (Å²) >= 11 is 0. The van der Waals surface area contributed by atoms with Gasteiger partial charge in [0.15, 0.2) is 0 Å². The van der Waals surface area contributed by atoms with Crippen LogP contribution in [0.25, 0.3) is 0 Å². The molecule has 0 fully saturated rings. The van der Waals surface area contributed by atoms with Gasteiger partial charge in [0.05, 0.1) is 0 Å². The third-order valence-corrected chi connectivity index (χ3v) is 4.14. The van der Waals surface area contributed by atoms with Crippen molar-refractivity contribution < 1.29 is 0 Å². The minimum absolute atomic E-state index is 0.902. The Balaban J connectivity index is 2.08. The quantitative estimate of drug-likeness (QED) is 0.630. The lowest BCUT2D eigenvalue weighted by Gasteiger charge is -2.20. The third-order valence-electron chi connectivity index (χ3n) is 4.14. The molecule has 0 saturated heterocycles. The van der Waals surface area contributed by atoms with Gasteiger partial charge in [-0.1, -0.05) is 44.5 Å². The van der Waals surface area contributed by atoms with Crippen LogP contribution in [-0.2, 0) is 12.8 Å². The van der Waals surface area contributed by atoms with Crippen molar-refractivity contribution >= 4 is 0 Å². The number of benzene rings is 1. The molecule has 1 atom stereocenters. The van der Waals surface area contributed by atoms with Crippen LogP contribution >= 0.6 is 0 Å². The van der Waals surface area contributed by atoms with Gasteiger partial charge in [-0.25, -0.2) is 0 Å². The maximum Gasteiger partial charge on any atom is -0.0273 e. The molecule has 1 aliphatic rings. The molecule has 82 valence electrons. The number of aryl methyl sites for hydroxylation is 2. The maximum atomic E-state index is 2.42. The zero-order valence-electron chi connectivity index (χ0n) is 10.00. The molecular weight excluding hydrogens is 180 g/mol. The van der Waals surface area contributed by atoms with E-state index in [-0.39, 0.29) is 0 Å². The standard InChI is InChI=1S/C15H22/c1-3-12(2)13-8-10-14-6-4-5-7-15(14)11-9-13/h4-7,12-13H,3,8-11H2,1-2H3. The lowest BCUT2D eigenvalue weighted by atomic mass is 9.85. The first-order valence-electron chi connectivity index (χ1n) is 6.38. The summed E-state index contributed by atoms with van der Waals surface area (Å²) in [5.41, 5.74) is 3.20. The molecule has 1 aliphatic carbocycles. The molecule has 0 radical (unpaired) electrons. The average Bonchev–Trinajstić information content (AvgIpc) is 2.50. The van der Waals surface area contributed by atoms with E-state index >= 15 is 0 Å².